The van der Waals surface area contributed by atoms with E-state index in [4.69, 9.17) is 0 Å². The fourth-order valence-corrected chi connectivity index (χ4v) is 2.33. The van der Waals surface area contributed by atoms with Crippen molar-refractivity contribution in [3.8, 4) is 0 Å². The van der Waals surface area contributed by atoms with E-state index in [1.54, 1.807) is 18.3 Å². The molecule has 128 valence electrons. The van der Waals surface area contributed by atoms with Crippen LogP contribution in [0.25, 0.3) is 10.8 Å². The first-order chi connectivity index (χ1) is 11.5. The lowest BCUT2D eigenvalue weighted by Crippen LogP contribution is -2.37. The summed E-state index contributed by atoms with van der Waals surface area (Å²) in [5.74, 6) is -0.378. The molecule has 0 saturated heterocycles. The highest BCUT2D eigenvalue weighted by atomic mass is 16.2. The molecule has 6 heteroatoms. The number of hydrogen-bond acceptors (Lipinski definition) is 3. The average molecular weight is 329 g/mol. The van der Waals surface area contributed by atoms with Gasteiger partial charge in [-0.1, -0.05) is 25.1 Å². The maximum Gasteiger partial charge on any atom is 0.258 e. The van der Waals surface area contributed by atoms with E-state index in [2.05, 4.69) is 10.6 Å². The lowest BCUT2D eigenvalue weighted by Gasteiger charge is -2.12. The zero-order chi connectivity index (χ0) is 17.5. The second kappa shape index (κ2) is 8.29. The van der Waals surface area contributed by atoms with Crippen LogP contribution in [0.1, 0.15) is 26.7 Å². The molecule has 6 nitrogen and oxygen atoms in total. The normalized spacial score (nSPS) is 11.9. The van der Waals surface area contributed by atoms with Crippen molar-refractivity contribution in [1.82, 2.24) is 15.2 Å². The Labute approximate surface area is 140 Å². The van der Waals surface area contributed by atoms with E-state index in [9.17, 15) is 14.4 Å². The van der Waals surface area contributed by atoms with Gasteiger partial charge in [0.15, 0.2) is 0 Å². The standard InChI is InChI=1S/C18H23N3O3/c1-3-13(2)20-16(22)8-10-19-17(23)12-21-11-9-14-6-4-5-7-15(14)18(21)24/h4-7,9,11,13H,3,8,10,12H2,1-2H3,(H,19,23)(H,20,22)/t13-/m0/s1. The summed E-state index contributed by atoms with van der Waals surface area (Å²) in [4.78, 5) is 35.9. The van der Waals surface area contributed by atoms with Crippen LogP contribution < -0.4 is 16.2 Å². The van der Waals surface area contributed by atoms with E-state index in [0.29, 0.717) is 5.39 Å². The predicted octanol–water partition coefficient (Wildman–Crippen LogP) is 1.42. The Kier molecular flexibility index (Phi) is 6.12. The molecular weight excluding hydrogens is 306 g/mol. The van der Waals surface area contributed by atoms with E-state index in [1.165, 1.54) is 4.57 Å². The molecule has 0 aliphatic rings. The molecule has 0 spiro atoms. The van der Waals surface area contributed by atoms with Crippen LogP contribution in [-0.2, 0) is 16.1 Å². The summed E-state index contributed by atoms with van der Waals surface area (Å²) < 4.78 is 1.37. The molecule has 24 heavy (non-hydrogen) atoms. The monoisotopic (exact) mass is 329 g/mol. The summed E-state index contributed by atoms with van der Waals surface area (Å²) in [6, 6.07) is 9.20. The number of hydrogen-bond donors (Lipinski definition) is 2. The molecule has 0 bridgehead atoms. The first-order valence-electron chi connectivity index (χ1n) is 8.15. The molecule has 0 aliphatic carbocycles. The molecule has 1 aromatic carbocycles. The molecule has 1 aromatic heterocycles. The lowest BCUT2D eigenvalue weighted by atomic mass is 10.2. The molecule has 0 fully saturated rings. The quantitative estimate of drug-likeness (QED) is 0.806. The Morgan fingerprint density at radius 2 is 1.92 bits per heavy atom. The Hall–Kier alpha value is -2.63. The zero-order valence-corrected chi connectivity index (χ0v) is 14.0. The van der Waals surface area contributed by atoms with Crippen molar-refractivity contribution in [3.05, 3.63) is 46.9 Å². The molecule has 2 N–H and O–H groups in total. The van der Waals surface area contributed by atoms with Crippen LogP contribution in [0.3, 0.4) is 0 Å². The van der Waals surface area contributed by atoms with Gasteiger partial charge in [-0.15, -0.1) is 0 Å². The van der Waals surface area contributed by atoms with Crippen LogP contribution in [0.2, 0.25) is 0 Å². The largest absolute Gasteiger partial charge is 0.354 e. The number of benzene rings is 1. The van der Waals surface area contributed by atoms with E-state index < -0.39 is 0 Å². The Bertz CT molecular complexity index is 782. The van der Waals surface area contributed by atoms with Gasteiger partial charge in [0.2, 0.25) is 11.8 Å². The van der Waals surface area contributed by atoms with Gasteiger partial charge in [-0.2, -0.15) is 0 Å². The number of fused-ring (bicyclic) bond motifs is 1. The van der Waals surface area contributed by atoms with Crippen molar-refractivity contribution < 1.29 is 9.59 Å². The Morgan fingerprint density at radius 1 is 1.17 bits per heavy atom. The van der Waals surface area contributed by atoms with Gasteiger partial charge in [-0.25, -0.2) is 0 Å². The number of carbonyl (C=O) groups excluding carboxylic acids is 2. The molecule has 1 atom stereocenters. The van der Waals surface area contributed by atoms with E-state index >= 15 is 0 Å². The molecule has 0 aliphatic heterocycles. The third kappa shape index (κ3) is 4.68. The third-order valence-corrected chi connectivity index (χ3v) is 3.89. The van der Waals surface area contributed by atoms with Crippen LogP contribution in [0.5, 0.6) is 0 Å². The second-order valence-electron chi connectivity index (χ2n) is 5.81. The summed E-state index contributed by atoms with van der Waals surface area (Å²) in [6.45, 7) is 4.12. The second-order valence-corrected chi connectivity index (χ2v) is 5.81. The molecule has 0 saturated carbocycles. The van der Waals surface area contributed by atoms with Gasteiger partial charge >= 0.3 is 0 Å². The number of rotatable bonds is 7. The van der Waals surface area contributed by atoms with E-state index in [1.807, 2.05) is 32.0 Å². The summed E-state index contributed by atoms with van der Waals surface area (Å²) in [7, 11) is 0. The molecule has 2 aromatic rings. The van der Waals surface area contributed by atoms with E-state index in [-0.39, 0.29) is 42.9 Å². The summed E-state index contributed by atoms with van der Waals surface area (Å²) in [6.07, 6.45) is 2.70. The highest BCUT2D eigenvalue weighted by Gasteiger charge is 2.09. The van der Waals surface area contributed by atoms with Crippen molar-refractivity contribution >= 4 is 22.6 Å². The maximum atomic E-state index is 12.3. The van der Waals surface area contributed by atoms with Crippen molar-refractivity contribution in [3.63, 3.8) is 0 Å². The number of carbonyl (C=O) groups is 2. The van der Waals surface area contributed by atoms with Crippen LogP contribution in [0.15, 0.2) is 41.3 Å². The fourth-order valence-electron chi connectivity index (χ4n) is 2.33. The lowest BCUT2D eigenvalue weighted by molar-refractivity contribution is -0.122. The Morgan fingerprint density at radius 3 is 2.67 bits per heavy atom. The minimum atomic E-state index is -0.288. The topological polar surface area (TPSA) is 80.2 Å². The van der Waals surface area contributed by atoms with Gasteiger partial charge < -0.3 is 15.2 Å². The SMILES string of the molecule is CC[C@H](C)NC(=O)CCNC(=O)Cn1ccc2ccccc2c1=O. The smallest absolute Gasteiger partial charge is 0.258 e. The van der Waals surface area contributed by atoms with Crippen molar-refractivity contribution in [2.24, 2.45) is 0 Å². The minimum absolute atomic E-state index is 0.0589. The molecular formula is C18H23N3O3. The maximum absolute atomic E-state index is 12.3. The summed E-state index contributed by atoms with van der Waals surface area (Å²) in [5, 5.41) is 6.94. The van der Waals surface area contributed by atoms with Gasteiger partial charge in [-0.05, 0) is 30.9 Å². The molecule has 0 unspecified atom stereocenters. The number of nitrogens with one attached hydrogen (secondary N) is 2. The first kappa shape index (κ1) is 17.7. The van der Waals surface area contributed by atoms with Gasteiger partial charge in [0, 0.05) is 30.6 Å². The number of pyridine rings is 1. The predicted molar refractivity (Wildman–Crippen MR) is 93.7 cm³/mol. The summed E-state index contributed by atoms with van der Waals surface area (Å²) >= 11 is 0. The van der Waals surface area contributed by atoms with Gasteiger partial charge in [0.1, 0.15) is 6.54 Å². The fraction of sp³-hybridized carbons (Fsp3) is 0.389. The van der Waals surface area contributed by atoms with Gasteiger partial charge in [0.25, 0.3) is 5.56 Å². The van der Waals surface area contributed by atoms with Crippen LogP contribution in [-0.4, -0.2) is 29.0 Å². The minimum Gasteiger partial charge on any atom is -0.354 e. The third-order valence-electron chi connectivity index (χ3n) is 3.89. The zero-order valence-electron chi connectivity index (χ0n) is 14.0. The molecule has 1 heterocycles. The molecule has 2 rings (SSSR count). The first-order valence-corrected chi connectivity index (χ1v) is 8.15. The van der Waals surface area contributed by atoms with Crippen LogP contribution in [0, 0.1) is 0 Å². The van der Waals surface area contributed by atoms with Crippen LogP contribution in [0.4, 0.5) is 0 Å². The summed E-state index contributed by atoms with van der Waals surface area (Å²) in [5.41, 5.74) is -0.197. The highest BCUT2D eigenvalue weighted by Crippen LogP contribution is 2.07. The number of amides is 2. The average Bonchev–Trinajstić information content (AvgIpc) is 2.57. The Balaban J connectivity index is 1.88. The highest BCUT2D eigenvalue weighted by molar-refractivity contribution is 5.82. The van der Waals surface area contributed by atoms with Crippen molar-refractivity contribution in [1.29, 1.82) is 0 Å². The molecule has 0 radical (unpaired) electrons. The van der Waals surface area contributed by atoms with E-state index in [0.717, 1.165) is 11.8 Å². The van der Waals surface area contributed by atoms with Crippen molar-refractivity contribution in [2.45, 2.75) is 39.3 Å². The number of aromatic nitrogens is 1. The van der Waals surface area contributed by atoms with Gasteiger partial charge in [0.05, 0.1) is 0 Å². The van der Waals surface area contributed by atoms with Crippen molar-refractivity contribution in [2.75, 3.05) is 6.54 Å². The molecule has 2 amide bonds. The van der Waals surface area contributed by atoms with Crippen LogP contribution >= 0.6 is 0 Å². The number of nitrogens with zero attached hydrogens (tertiary/aromatic N) is 1. The van der Waals surface area contributed by atoms with Gasteiger partial charge in [-0.3, -0.25) is 14.4 Å².